The molecule has 0 unspecified atom stereocenters. The Labute approximate surface area is 146 Å². The van der Waals surface area contributed by atoms with Crippen LogP contribution in [-0.2, 0) is 11.3 Å². The second-order valence-electron chi connectivity index (χ2n) is 5.71. The maximum absolute atomic E-state index is 12.2. The van der Waals surface area contributed by atoms with Gasteiger partial charge >= 0.3 is 0 Å². The fourth-order valence-corrected chi connectivity index (χ4v) is 2.52. The predicted octanol–water partition coefficient (Wildman–Crippen LogP) is 0.546. The molecule has 1 fully saturated rings. The van der Waals surface area contributed by atoms with E-state index in [4.69, 9.17) is 4.74 Å². The van der Waals surface area contributed by atoms with Gasteiger partial charge in [0, 0.05) is 51.2 Å². The molecule has 0 aliphatic carbocycles. The van der Waals surface area contributed by atoms with E-state index in [0.717, 1.165) is 45.0 Å². The molecule has 0 saturated carbocycles. The van der Waals surface area contributed by atoms with Crippen LogP contribution < -0.4 is 10.6 Å². The van der Waals surface area contributed by atoms with Crippen LogP contribution in [0.4, 0.5) is 5.82 Å². The van der Waals surface area contributed by atoms with Gasteiger partial charge in [0.15, 0.2) is 0 Å². The quantitative estimate of drug-likeness (QED) is 0.759. The minimum atomic E-state index is -0.234. The molecule has 1 amide bonds. The summed E-state index contributed by atoms with van der Waals surface area (Å²) in [6.07, 6.45) is 4.82. The number of morpholine rings is 1. The Morgan fingerprint density at radius 1 is 1.28 bits per heavy atom. The summed E-state index contributed by atoms with van der Waals surface area (Å²) < 4.78 is 5.33. The summed E-state index contributed by atoms with van der Waals surface area (Å²) in [7, 11) is 0. The van der Waals surface area contributed by atoms with Crippen molar-refractivity contribution in [2.24, 2.45) is 0 Å². The second-order valence-corrected chi connectivity index (χ2v) is 5.71. The van der Waals surface area contributed by atoms with Gasteiger partial charge in [-0.05, 0) is 11.6 Å². The number of nitrogens with zero attached hydrogens (tertiary/aromatic N) is 4. The summed E-state index contributed by atoms with van der Waals surface area (Å²) in [5.41, 5.74) is 1.28. The number of hydrogen-bond acceptors (Lipinski definition) is 7. The molecule has 132 valence electrons. The van der Waals surface area contributed by atoms with Gasteiger partial charge in [-0.15, -0.1) is 0 Å². The van der Waals surface area contributed by atoms with E-state index in [1.165, 1.54) is 6.33 Å². The summed E-state index contributed by atoms with van der Waals surface area (Å²) in [6.45, 7) is 5.56. The Morgan fingerprint density at radius 3 is 2.96 bits per heavy atom. The molecule has 1 aliphatic rings. The van der Waals surface area contributed by atoms with E-state index in [2.05, 4.69) is 30.5 Å². The van der Waals surface area contributed by atoms with Crippen molar-refractivity contribution in [1.82, 2.24) is 25.2 Å². The van der Waals surface area contributed by atoms with Gasteiger partial charge in [0.1, 0.15) is 17.8 Å². The standard InChI is InChI=1S/C17H22N6O2/c24-17(20-12-14-2-1-3-18-11-14)15-10-16(22-13-21-15)19-4-5-23-6-8-25-9-7-23/h1-3,10-11,13H,4-9,12H2,(H,20,24)(H,19,21,22). The van der Waals surface area contributed by atoms with Crippen LogP contribution in [0.1, 0.15) is 16.1 Å². The Hall–Kier alpha value is -2.58. The molecule has 0 atom stereocenters. The predicted molar refractivity (Wildman–Crippen MR) is 93.2 cm³/mol. The first kappa shape index (κ1) is 17.2. The third kappa shape index (κ3) is 5.47. The van der Waals surface area contributed by atoms with Gasteiger partial charge < -0.3 is 15.4 Å². The van der Waals surface area contributed by atoms with Gasteiger partial charge in [0.2, 0.25) is 0 Å². The zero-order chi connectivity index (χ0) is 17.3. The molecule has 2 N–H and O–H groups in total. The summed E-state index contributed by atoms with van der Waals surface area (Å²) in [4.78, 5) is 26.8. The van der Waals surface area contributed by atoms with Crippen molar-refractivity contribution >= 4 is 11.7 Å². The lowest BCUT2D eigenvalue weighted by Crippen LogP contribution is -2.39. The van der Waals surface area contributed by atoms with Crippen molar-refractivity contribution in [1.29, 1.82) is 0 Å². The highest BCUT2D eigenvalue weighted by atomic mass is 16.5. The van der Waals surface area contributed by atoms with E-state index in [0.29, 0.717) is 18.1 Å². The summed E-state index contributed by atoms with van der Waals surface area (Å²) in [5, 5.41) is 6.07. The van der Waals surface area contributed by atoms with E-state index in [9.17, 15) is 4.79 Å². The zero-order valence-corrected chi connectivity index (χ0v) is 14.0. The summed E-state index contributed by atoms with van der Waals surface area (Å²) in [6, 6.07) is 5.41. The van der Waals surface area contributed by atoms with Crippen molar-refractivity contribution in [3.63, 3.8) is 0 Å². The average Bonchev–Trinajstić information content (AvgIpc) is 2.68. The Bertz CT molecular complexity index is 676. The minimum Gasteiger partial charge on any atom is -0.379 e. The molecule has 0 bridgehead atoms. The fraction of sp³-hybridized carbons (Fsp3) is 0.412. The SMILES string of the molecule is O=C(NCc1cccnc1)c1cc(NCCN2CCOCC2)ncn1. The van der Waals surface area contributed by atoms with Crippen molar-refractivity contribution in [3.8, 4) is 0 Å². The van der Waals surface area contributed by atoms with Gasteiger partial charge in [-0.2, -0.15) is 0 Å². The van der Waals surface area contributed by atoms with Crippen LogP contribution >= 0.6 is 0 Å². The van der Waals surface area contributed by atoms with E-state index >= 15 is 0 Å². The normalized spacial score (nSPS) is 14.9. The number of nitrogens with one attached hydrogen (secondary N) is 2. The molecule has 2 aromatic rings. The molecule has 1 saturated heterocycles. The average molecular weight is 342 g/mol. The third-order valence-electron chi connectivity index (χ3n) is 3.91. The number of anilines is 1. The van der Waals surface area contributed by atoms with Crippen LogP contribution in [0.2, 0.25) is 0 Å². The van der Waals surface area contributed by atoms with Crippen LogP contribution in [-0.4, -0.2) is 65.2 Å². The molecule has 2 aromatic heterocycles. The van der Waals surface area contributed by atoms with Crippen LogP contribution in [0.15, 0.2) is 36.9 Å². The number of aromatic nitrogens is 3. The first-order valence-electron chi connectivity index (χ1n) is 8.34. The van der Waals surface area contributed by atoms with Crippen LogP contribution in [0.5, 0.6) is 0 Å². The highest BCUT2D eigenvalue weighted by Gasteiger charge is 2.11. The monoisotopic (exact) mass is 342 g/mol. The topological polar surface area (TPSA) is 92.3 Å². The van der Waals surface area contributed by atoms with Crippen molar-refractivity contribution in [2.75, 3.05) is 44.7 Å². The molecule has 25 heavy (non-hydrogen) atoms. The molecule has 8 nitrogen and oxygen atoms in total. The first-order valence-corrected chi connectivity index (χ1v) is 8.34. The van der Waals surface area contributed by atoms with Crippen molar-refractivity contribution in [2.45, 2.75) is 6.54 Å². The molecule has 8 heteroatoms. The smallest absolute Gasteiger partial charge is 0.270 e. The second kappa shape index (κ2) is 9.05. The number of pyridine rings is 1. The minimum absolute atomic E-state index is 0.234. The fourth-order valence-electron chi connectivity index (χ4n) is 2.52. The maximum atomic E-state index is 12.2. The Morgan fingerprint density at radius 2 is 2.16 bits per heavy atom. The number of rotatable bonds is 7. The lowest BCUT2D eigenvalue weighted by molar-refractivity contribution is 0.0398. The molecule has 0 radical (unpaired) electrons. The zero-order valence-electron chi connectivity index (χ0n) is 14.0. The molecule has 0 aromatic carbocycles. The lowest BCUT2D eigenvalue weighted by atomic mass is 10.3. The van der Waals surface area contributed by atoms with Crippen LogP contribution in [0, 0.1) is 0 Å². The van der Waals surface area contributed by atoms with Crippen LogP contribution in [0.3, 0.4) is 0 Å². The number of amides is 1. The van der Waals surface area contributed by atoms with E-state index in [-0.39, 0.29) is 5.91 Å². The van der Waals surface area contributed by atoms with Gasteiger partial charge in [0.05, 0.1) is 13.2 Å². The highest BCUT2D eigenvalue weighted by molar-refractivity contribution is 5.92. The third-order valence-corrected chi connectivity index (χ3v) is 3.91. The van der Waals surface area contributed by atoms with Gasteiger partial charge in [-0.3, -0.25) is 14.7 Å². The Balaban J connectivity index is 1.47. The molecule has 3 rings (SSSR count). The lowest BCUT2D eigenvalue weighted by Gasteiger charge is -2.26. The first-order chi connectivity index (χ1) is 12.3. The largest absolute Gasteiger partial charge is 0.379 e. The van der Waals surface area contributed by atoms with E-state index < -0.39 is 0 Å². The van der Waals surface area contributed by atoms with Gasteiger partial charge in [-0.1, -0.05) is 6.07 Å². The summed E-state index contributed by atoms with van der Waals surface area (Å²) >= 11 is 0. The molecule has 1 aliphatic heterocycles. The molecule has 0 spiro atoms. The van der Waals surface area contributed by atoms with Crippen molar-refractivity contribution in [3.05, 3.63) is 48.2 Å². The number of carbonyl (C=O) groups excluding carboxylic acids is 1. The number of hydrogen-bond donors (Lipinski definition) is 2. The highest BCUT2D eigenvalue weighted by Crippen LogP contribution is 2.05. The molecular weight excluding hydrogens is 320 g/mol. The van der Waals surface area contributed by atoms with Crippen molar-refractivity contribution < 1.29 is 9.53 Å². The van der Waals surface area contributed by atoms with Crippen LogP contribution in [0.25, 0.3) is 0 Å². The van der Waals surface area contributed by atoms with Gasteiger partial charge in [-0.25, -0.2) is 9.97 Å². The molecule has 3 heterocycles. The Kier molecular flexibility index (Phi) is 6.24. The summed E-state index contributed by atoms with van der Waals surface area (Å²) in [5.74, 6) is 0.414. The number of carbonyl (C=O) groups is 1. The number of ether oxygens (including phenoxy) is 1. The van der Waals surface area contributed by atoms with E-state index in [1.54, 1.807) is 18.5 Å². The molecular formula is C17H22N6O2. The van der Waals surface area contributed by atoms with Gasteiger partial charge in [0.25, 0.3) is 5.91 Å². The van der Waals surface area contributed by atoms with E-state index in [1.807, 2.05) is 12.1 Å². The maximum Gasteiger partial charge on any atom is 0.270 e.